The van der Waals surface area contributed by atoms with Crippen molar-refractivity contribution in [3.8, 4) is 11.5 Å². The van der Waals surface area contributed by atoms with Crippen LogP contribution in [0.3, 0.4) is 0 Å². The average Bonchev–Trinajstić information content (AvgIpc) is 2.51. The Balaban J connectivity index is 2.96. The van der Waals surface area contributed by atoms with Gasteiger partial charge in [0.15, 0.2) is 6.29 Å². The van der Waals surface area contributed by atoms with Crippen molar-refractivity contribution in [3.05, 3.63) is 23.1 Å². The van der Waals surface area contributed by atoms with Crippen LogP contribution in [0, 0.1) is 0 Å². The second-order valence-corrected chi connectivity index (χ2v) is 3.50. The molecule has 0 aliphatic heterocycles. The summed E-state index contributed by atoms with van der Waals surface area (Å²) in [6.45, 7) is 0. The van der Waals surface area contributed by atoms with Crippen LogP contribution in [0.2, 0.25) is 0 Å². The average molecular weight is 194 g/mol. The summed E-state index contributed by atoms with van der Waals surface area (Å²) in [6.07, 6.45) is 0.661. The van der Waals surface area contributed by atoms with Gasteiger partial charge in [0.25, 0.3) is 0 Å². The predicted octanol–water partition coefficient (Wildman–Crippen LogP) is 2.13. The lowest BCUT2D eigenvalue weighted by Crippen LogP contribution is -1.79. The second-order valence-electron chi connectivity index (χ2n) is 2.62. The number of phenolic OH excluding ortho intramolecular Hbond substituents is 1. The van der Waals surface area contributed by atoms with E-state index in [-0.39, 0.29) is 11.5 Å². The Bertz CT molecular complexity index is 473. The van der Waals surface area contributed by atoms with Gasteiger partial charge >= 0.3 is 0 Å². The molecule has 1 heterocycles. The number of aromatic hydroxyl groups is 2. The Morgan fingerprint density at radius 1 is 1.23 bits per heavy atom. The molecule has 4 heteroatoms. The molecule has 0 bridgehead atoms. The SMILES string of the molecule is O=Cc1ccc(O)c2scc(O)c12. The molecule has 0 aliphatic rings. The summed E-state index contributed by atoms with van der Waals surface area (Å²) in [4.78, 5) is 10.6. The van der Waals surface area contributed by atoms with Crippen molar-refractivity contribution >= 4 is 27.7 Å². The second kappa shape index (κ2) is 2.74. The van der Waals surface area contributed by atoms with Crippen molar-refractivity contribution in [1.82, 2.24) is 0 Å². The van der Waals surface area contributed by atoms with E-state index in [0.717, 1.165) is 0 Å². The van der Waals surface area contributed by atoms with E-state index in [4.69, 9.17) is 0 Å². The number of phenols is 1. The quantitative estimate of drug-likeness (QED) is 0.683. The minimum Gasteiger partial charge on any atom is -0.506 e. The zero-order chi connectivity index (χ0) is 9.42. The van der Waals surface area contributed by atoms with Gasteiger partial charge in [-0.1, -0.05) is 0 Å². The molecule has 2 N–H and O–H groups in total. The first kappa shape index (κ1) is 8.07. The first-order valence-electron chi connectivity index (χ1n) is 3.61. The fourth-order valence-corrected chi connectivity index (χ4v) is 2.12. The Kier molecular flexibility index (Phi) is 1.70. The molecule has 13 heavy (non-hydrogen) atoms. The monoisotopic (exact) mass is 194 g/mol. The van der Waals surface area contributed by atoms with E-state index in [2.05, 4.69) is 0 Å². The summed E-state index contributed by atoms with van der Waals surface area (Å²) in [7, 11) is 0. The van der Waals surface area contributed by atoms with E-state index >= 15 is 0 Å². The maximum atomic E-state index is 10.6. The van der Waals surface area contributed by atoms with E-state index in [9.17, 15) is 15.0 Å². The van der Waals surface area contributed by atoms with Crippen molar-refractivity contribution in [2.24, 2.45) is 0 Å². The molecule has 0 unspecified atom stereocenters. The first-order chi connectivity index (χ1) is 6.24. The summed E-state index contributed by atoms with van der Waals surface area (Å²) in [5.41, 5.74) is 0.395. The number of hydrogen-bond donors (Lipinski definition) is 2. The van der Waals surface area contributed by atoms with Crippen LogP contribution in [0.15, 0.2) is 17.5 Å². The summed E-state index contributed by atoms with van der Waals surface area (Å²) < 4.78 is 0.544. The highest BCUT2D eigenvalue weighted by Crippen LogP contribution is 2.38. The van der Waals surface area contributed by atoms with E-state index < -0.39 is 0 Å². The molecular formula is C9H6O3S. The summed E-state index contributed by atoms with van der Waals surface area (Å²) in [6, 6.07) is 2.93. The van der Waals surface area contributed by atoms with Gasteiger partial charge in [-0.2, -0.15) is 0 Å². The standard InChI is InChI=1S/C9H6O3S/c10-3-5-1-2-6(11)9-8(5)7(12)4-13-9/h1-4,11-12H. The molecule has 0 amide bonds. The minimum absolute atomic E-state index is 0.0398. The highest BCUT2D eigenvalue weighted by Gasteiger charge is 2.10. The van der Waals surface area contributed by atoms with Gasteiger partial charge in [-0.05, 0) is 12.1 Å². The molecular weight excluding hydrogens is 188 g/mol. The van der Waals surface area contributed by atoms with Crippen LogP contribution >= 0.6 is 11.3 Å². The highest BCUT2D eigenvalue weighted by atomic mass is 32.1. The van der Waals surface area contributed by atoms with Crippen LogP contribution < -0.4 is 0 Å². The molecule has 2 rings (SSSR count). The van der Waals surface area contributed by atoms with Crippen LogP contribution in [0.5, 0.6) is 11.5 Å². The first-order valence-corrected chi connectivity index (χ1v) is 4.49. The molecule has 0 atom stereocenters. The summed E-state index contributed by atoms with van der Waals surface area (Å²) in [5.74, 6) is 0.129. The van der Waals surface area contributed by atoms with E-state index in [1.165, 1.54) is 28.8 Å². The Hall–Kier alpha value is -1.55. The maximum Gasteiger partial charge on any atom is 0.150 e. The summed E-state index contributed by atoms with van der Waals surface area (Å²) in [5, 5.41) is 20.7. The Labute approximate surface area is 77.9 Å². The van der Waals surface area contributed by atoms with Crippen molar-refractivity contribution < 1.29 is 15.0 Å². The molecule has 0 aliphatic carbocycles. The third-order valence-corrected chi connectivity index (χ3v) is 2.83. The number of carbonyl (C=O) groups is 1. The normalized spacial score (nSPS) is 10.5. The van der Waals surface area contributed by atoms with Crippen LogP contribution in [-0.2, 0) is 0 Å². The van der Waals surface area contributed by atoms with Crippen LogP contribution in [-0.4, -0.2) is 16.5 Å². The molecule has 0 saturated heterocycles. The van der Waals surface area contributed by atoms with E-state index in [1.54, 1.807) is 0 Å². The number of thiophene rings is 1. The predicted molar refractivity (Wildman–Crippen MR) is 50.5 cm³/mol. The molecule has 66 valence electrons. The van der Waals surface area contributed by atoms with Gasteiger partial charge in [0, 0.05) is 16.3 Å². The molecule has 0 fully saturated rings. The van der Waals surface area contributed by atoms with Gasteiger partial charge < -0.3 is 10.2 Å². The third kappa shape index (κ3) is 1.07. The van der Waals surface area contributed by atoms with Crippen molar-refractivity contribution in [1.29, 1.82) is 0 Å². The lowest BCUT2D eigenvalue weighted by molar-refractivity contribution is 0.112. The van der Waals surface area contributed by atoms with Gasteiger partial charge in [-0.3, -0.25) is 4.79 Å². The molecule has 0 radical (unpaired) electrons. The zero-order valence-electron chi connectivity index (χ0n) is 6.52. The molecule has 3 nitrogen and oxygen atoms in total. The number of carbonyl (C=O) groups excluding carboxylic acids is 1. The number of fused-ring (bicyclic) bond motifs is 1. The molecule has 2 aromatic rings. The van der Waals surface area contributed by atoms with Gasteiger partial charge in [0.2, 0.25) is 0 Å². The topological polar surface area (TPSA) is 57.5 Å². The minimum atomic E-state index is 0.0398. The largest absolute Gasteiger partial charge is 0.506 e. The molecule has 0 saturated carbocycles. The third-order valence-electron chi connectivity index (χ3n) is 1.84. The van der Waals surface area contributed by atoms with Crippen LogP contribution in [0.25, 0.3) is 10.1 Å². The lowest BCUT2D eigenvalue weighted by Gasteiger charge is -1.97. The van der Waals surface area contributed by atoms with Gasteiger partial charge in [0.1, 0.15) is 11.5 Å². The maximum absolute atomic E-state index is 10.6. The zero-order valence-corrected chi connectivity index (χ0v) is 7.34. The van der Waals surface area contributed by atoms with Crippen LogP contribution in [0.4, 0.5) is 0 Å². The van der Waals surface area contributed by atoms with Crippen molar-refractivity contribution in [2.45, 2.75) is 0 Å². The fourth-order valence-electron chi connectivity index (χ4n) is 1.24. The van der Waals surface area contributed by atoms with Gasteiger partial charge in [0.05, 0.1) is 4.70 Å². The van der Waals surface area contributed by atoms with E-state index in [0.29, 0.717) is 21.9 Å². The van der Waals surface area contributed by atoms with Crippen molar-refractivity contribution in [3.63, 3.8) is 0 Å². The van der Waals surface area contributed by atoms with Gasteiger partial charge in [-0.25, -0.2) is 0 Å². The smallest absolute Gasteiger partial charge is 0.150 e. The number of rotatable bonds is 1. The fraction of sp³-hybridized carbons (Fsp3) is 0. The number of hydrogen-bond acceptors (Lipinski definition) is 4. The Morgan fingerprint density at radius 3 is 2.69 bits per heavy atom. The molecule has 0 spiro atoms. The van der Waals surface area contributed by atoms with Crippen LogP contribution in [0.1, 0.15) is 10.4 Å². The summed E-state index contributed by atoms with van der Waals surface area (Å²) >= 11 is 1.21. The van der Waals surface area contributed by atoms with Gasteiger partial charge in [-0.15, -0.1) is 11.3 Å². The number of benzene rings is 1. The highest BCUT2D eigenvalue weighted by molar-refractivity contribution is 7.18. The molecule has 1 aromatic carbocycles. The van der Waals surface area contributed by atoms with Crippen molar-refractivity contribution in [2.75, 3.05) is 0 Å². The lowest BCUT2D eigenvalue weighted by atomic mass is 10.1. The molecule has 1 aromatic heterocycles. The Morgan fingerprint density at radius 2 is 2.00 bits per heavy atom. The number of aldehydes is 1. The van der Waals surface area contributed by atoms with E-state index in [1.807, 2.05) is 0 Å².